The van der Waals surface area contributed by atoms with Crippen LogP contribution >= 0.6 is 11.6 Å². The molecule has 0 bridgehead atoms. The molecule has 2 aromatic heterocycles. The number of aromatic nitrogens is 3. The van der Waals surface area contributed by atoms with E-state index in [0.717, 1.165) is 0 Å². The molecule has 1 aliphatic heterocycles. The van der Waals surface area contributed by atoms with Crippen LogP contribution in [0.4, 0.5) is 4.39 Å². The molecule has 3 rings (SSSR count). The van der Waals surface area contributed by atoms with E-state index in [1.807, 2.05) is 27.7 Å². The van der Waals surface area contributed by atoms with E-state index in [0.29, 0.717) is 16.5 Å². The Balaban J connectivity index is 2.15. The smallest absolute Gasteiger partial charge is 0.399 e. The largest absolute Gasteiger partial charge is 0.497 e. The van der Waals surface area contributed by atoms with Crippen LogP contribution in [-0.2, 0) is 16.4 Å². The minimum absolute atomic E-state index is 0.0582. The molecule has 0 amide bonds. The van der Waals surface area contributed by atoms with Gasteiger partial charge in [0.2, 0.25) is 0 Å². The van der Waals surface area contributed by atoms with Gasteiger partial charge in [0, 0.05) is 18.7 Å². The second-order valence-corrected chi connectivity index (χ2v) is 6.62. The van der Waals surface area contributed by atoms with Gasteiger partial charge < -0.3 is 13.9 Å². The third-order valence-corrected chi connectivity index (χ3v) is 4.55. The quantitative estimate of drug-likeness (QED) is 0.459. The summed E-state index contributed by atoms with van der Waals surface area (Å²) < 4.78 is 27.0. The predicted molar refractivity (Wildman–Crippen MR) is 79.2 cm³/mol. The topological polar surface area (TPSA) is 49.2 Å². The molecule has 0 saturated carbocycles. The van der Waals surface area contributed by atoms with Gasteiger partial charge in [-0.05, 0) is 27.7 Å². The van der Waals surface area contributed by atoms with Gasteiger partial charge in [0.15, 0.2) is 0 Å². The van der Waals surface area contributed by atoms with Crippen LogP contribution in [-0.4, -0.2) is 32.9 Å². The zero-order chi connectivity index (χ0) is 15.6. The molecule has 8 heteroatoms. The van der Waals surface area contributed by atoms with Crippen LogP contribution in [0.2, 0.25) is 5.15 Å². The molecule has 112 valence electrons. The summed E-state index contributed by atoms with van der Waals surface area (Å²) in [7, 11) is 1.17. The summed E-state index contributed by atoms with van der Waals surface area (Å²) in [5, 5.41) is 0.613. The summed E-state index contributed by atoms with van der Waals surface area (Å²) in [5.41, 5.74) is 0.189. The third kappa shape index (κ3) is 2.15. The van der Waals surface area contributed by atoms with Crippen LogP contribution in [0.3, 0.4) is 0 Å². The molecule has 0 spiro atoms. The van der Waals surface area contributed by atoms with Crippen molar-refractivity contribution in [2.75, 3.05) is 0 Å². The molecule has 0 unspecified atom stereocenters. The van der Waals surface area contributed by atoms with Crippen molar-refractivity contribution >= 4 is 35.2 Å². The van der Waals surface area contributed by atoms with Gasteiger partial charge in [0.25, 0.3) is 0 Å². The Kier molecular flexibility index (Phi) is 3.10. The number of hydrogen-bond donors (Lipinski definition) is 0. The predicted octanol–water partition coefficient (Wildman–Crippen LogP) is 2.06. The lowest BCUT2D eigenvalue weighted by Gasteiger charge is -2.32. The number of fused-ring (bicyclic) bond motifs is 1. The second-order valence-electron chi connectivity index (χ2n) is 6.27. The van der Waals surface area contributed by atoms with E-state index in [9.17, 15) is 4.39 Å². The molecule has 0 atom stereocenters. The summed E-state index contributed by atoms with van der Waals surface area (Å²) in [4.78, 5) is 7.37. The van der Waals surface area contributed by atoms with Gasteiger partial charge in [-0.3, -0.25) is 0 Å². The Bertz CT molecular complexity index is 716. The Morgan fingerprint density at radius 2 is 1.76 bits per heavy atom. The monoisotopic (exact) mass is 311 g/mol. The van der Waals surface area contributed by atoms with Crippen molar-refractivity contribution in [2.45, 2.75) is 38.9 Å². The molecule has 0 N–H and O–H groups in total. The highest BCUT2D eigenvalue weighted by molar-refractivity contribution is 6.66. The van der Waals surface area contributed by atoms with Gasteiger partial charge in [-0.15, -0.1) is 0 Å². The summed E-state index contributed by atoms with van der Waals surface area (Å²) in [6, 6.07) is 0. The van der Waals surface area contributed by atoms with Gasteiger partial charge in [0.05, 0.1) is 16.6 Å². The van der Waals surface area contributed by atoms with Crippen molar-refractivity contribution in [3.63, 3.8) is 0 Å². The lowest BCUT2D eigenvalue weighted by Crippen LogP contribution is -2.41. The van der Waals surface area contributed by atoms with Gasteiger partial charge in [-0.1, -0.05) is 11.6 Å². The first kappa shape index (κ1) is 14.7. The minimum atomic E-state index is -0.853. The summed E-state index contributed by atoms with van der Waals surface area (Å²) >= 11 is 6.09. The molecule has 0 aromatic carbocycles. The fourth-order valence-electron chi connectivity index (χ4n) is 2.38. The molecule has 2 aromatic rings. The van der Waals surface area contributed by atoms with E-state index in [-0.39, 0.29) is 5.15 Å². The average Bonchev–Trinajstić information content (AvgIpc) is 2.75. The van der Waals surface area contributed by atoms with Crippen LogP contribution in [0.5, 0.6) is 0 Å². The van der Waals surface area contributed by atoms with Crippen LogP contribution in [0.25, 0.3) is 11.0 Å². The Morgan fingerprint density at radius 1 is 1.19 bits per heavy atom. The van der Waals surface area contributed by atoms with E-state index in [1.165, 1.54) is 0 Å². The molecule has 3 heterocycles. The molecule has 0 radical (unpaired) electrons. The lowest BCUT2D eigenvalue weighted by molar-refractivity contribution is 0.00578. The normalized spacial score (nSPS) is 20.4. The highest BCUT2D eigenvalue weighted by Gasteiger charge is 2.52. The Morgan fingerprint density at radius 3 is 2.33 bits per heavy atom. The number of nitrogens with zero attached hydrogens (tertiary/aromatic N) is 3. The van der Waals surface area contributed by atoms with Crippen LogP contribution in [0.1, 0.15) is 27.7 Å². The fraction of sp³-hybridized carbons (Fsp3) is 0.538. The minimum Gasteiger partial charge on any atom is -0.399 e. The average molecular weight is 312 g/mol. The van der Waals surface area contributed by atoms with Gasteiger partial charge in [-0.25, -0.2) is 0 Å². The van der Waals surface area contributed by atoms with E-state index >= 15 is 0 Å². The van der Waals surface area contributed by atoms with E-state index in [2.05, 4.69) is 9.97 Å². The number of rotatable bonds is 1. The lowest BCUT2D eigenvalue weighted by atomic mass is 9.79. The van der Waals surface area contributed by atoms with Gasteiger partial charge in [0.1, 0.15) is 10.8 Å². The highest BCUT2D eigenvalue weighted by Crippen LogP contribution is 2.37. The first-order valence-electron chi connectivity index (χ1n) is 6.66. The van der Waals surface area contributed by atoms with Gasteiger partial charge in [-0.2, -0.15) is 14.4 Å². The first-order valence-corrected chi connectivity index (χ1v) is 7.04. The van der Waals surface area contributed by atoms with Crippen LogP contribution in [0.15, 0.2) is 6.20 Å². The fourth-order valence-corrected chi connectivity index (χ4v) is 2.65. The van der Waals surface area contributed by atoms with Crippen molar-refractivity contribution in [3.05, 3.63) is 17.4 Å². The van der Waals surface area contributed by atoms with Crippen molar-refractivity contribution < 1.29 is 13.7 Å². The van der Waals surface area contributed by atoms with E-state index in [1.54, 1.807) is 17.8 Å². The maximum Gasteiger partial charge on any atom is 0.497 e. The number of aryl methyl sites for hydroxylation is 1. The van der Waals surface area contributed by atoms with Crippen molar-refractivity contribution in [3.8, 4) is 0 Å². The zero-order valence-electron chi connectivity index (χ0n) is 12.6. The number of halogens is 2. The van der Waals surface area contributed by atoms with Crippen molar-refractivity contribution in [1.29, 1.82) is 0 Å². The Hall–Kier alpha value is -1.18. The number of hydrogen-bond acceptors (Lipinski definition) is 4. The Labute approximate surface area is 127 Å². The summed E-state index contributed by atoms with van der Waals surface area (Å²) in [6.45, 7) is 7.87. The van der Waals surface area contributed by atoms with Gasteiger partial charge >= 0.3 is 13.2 Å². The highest BCUT2D eigenvalue weighted by atomic mass is 35.5. The maximum absolute atomic E-state index is 13.3. The summed E-state index contributed by atoms with van der Waals surface area (Å²) in [6.07, 6.45) is 0.932. The van der Waals surface area contributed by atoms with E-state index < -0.39 is 24.4 Å². The van der Waals surface area contributed by atoms with Crippen molar-refractivity contribution in [2.24, 2.45) is 7.05 Å². The van der Waals surface area contributed by atoms with Crippen molar-refractivity contribution in [1.82, 2.24) is 14.5 Å². The molecule has 1 saturated heterocycles. The SMILES string of the molecule is Cn1cc(B2OC(C)(C)C(C)(C)O2)c2c(Cl)nc(F)nc21. The molecule has 1 fully saturated rings. The van der Waals surface area contributed by atoms with Crippen LogP contribution < -0.4 is 5.46 Å². The second kappa shape index (κ2) is 4.41. The first-order chi connectivity index (χ1) is 9.62. The molecule has 0 aliphatic carbocycles. The third-order valence-electron chi connectivity index (χ3n) is 4.28. The standard InChI is InChI=1S/C13H16BClFN3O2/c1-12(2)13(3,4)21-14(20-12)7-6-19(5)10-8(7)9(15)17-11(16)18-10/h6H,1-5H3. The summed E-state index contributed by atoms with van der Waals surface area (Å²) in [5.74, 6) is 0. The molecule has 5 nitrogen and oxygen atoms in total. The zero-order valence-corrected chi connectivity index (χ0v) is 13.3. The molecular formula is C13H16BClFN3O2. The molecule has 1 aliphatic rings. The molecule has 21 heavy (non-hydrogen) atoms. The van der Waals surface area contributed by atoms with Crippen LogP contribution in [0, 0.1) is 6.08 Å². The van der Waals surface area contributed by atoms with E-state index in [4.69, 9.17) is 20.9 Å². The molecular weight excluding hydrogens is 295 g/mol. The maximum atomic E-state index is 13.3.